The predicted molar refractivity (Wildman–Crippen MR) is 151 cm³/mol. The molecule has 1 aliphatic heterocycles. The van der Waals surface area contributed by atoms with Gasteiger partial charge in [-0.1, -0.05) is 18.2 Å². The van der Waals surface area contributed by atoms with Gasteiger partial charge in [-0.05, 0) is 75.1 Å². The van der Waals surface area contributed by atoms with Crippen molar-refractivity contribution in [3.63, 3.8) is 0 Å². The molecule has 0 radical (unpaired) electrons. The normalized spacial score (nSPS) is 15.8. The number of hydrogen-bond donors (Lipinski definition) is 1. The average Bonchev–Trinajstić information content (AvgIpc) is 3.32. The predicted octanol–water partition coefficient (Wildman–Crippen LogP) is 5.63. The summed E-state index contributed by atoms with van der Waals surface area (Å²) in [6, 6.07) is 13.8. The van der Waals surface area contributed by atoms with E-state index in [0.29, 0.717) is 52.4 Å². The Balaban J connectivity index is 1.66. The zero-order valence-electron chi connectivity index (χ0n) is 22.7. The number of piperidine rings is 1. The van der Waals surface area contributed by atoms with Crippen molar-refractivity contribution in [2.75, 3.05) is 19.3 Å². The molecule has 1 fully saturated rings. The molecule has 210 valence electrons. The molecule has 1 atom stereocenters. The Morgan fingerprint density at radius 3 is 2.40 bits per heavy atom. The van der Waals surface area contributed by atoms with Crippen LogP contribution in [0.15, 0.2) is 53.4 Å². The number of ether oxygens (including phenoxy) is 1. The summed E-state index contributed by atoms with van der Waals surface area (Å²) in [6.45, 7) is 6.18. The van der Waals surface area contributed by atoms with Crippen molar-refractivity contribution in [2.24, 2.45) is 0 Å². The highest BCUT2D eigenvalue weighted by atomic mass is 32.2. The van der Waals surface area contributed by atoms with Crippen molar-refractivity contribution in [2.45, 2.75) is 50.2 Å². The monoisotopic (exact) mass is 583 g/mol. The minimum absolute atomic E-state index is 0.0915. The fourth-order valence-corrected chi connectivity index (χ4v) is 6.25. The number of benzene rings is 2. The van der Waals surface area contributed by atoms with E-state index >= 15 is 0 Å². The zero-order valence-corrected chi connectivity index (χ0v) is 24.3. The first kappa shape index (κ1) is 29.2. The summed E-state index contributed by atoms with van der Waals surface area (Å²) in [4.78, 5) is 28.8. The molecular weight excluding hydrogens is 553 g/mol. The van der Waals surface area contributed by atoms with Crippen LogP contribution in [0.5, 0.6) is 0 Å². The van der Waals surface area contributed by atoms with Gasteiger partial charge in [0.2, 0.25) is 0 Å². The second-order valence-corrected chi connectivity index (χ2v) is 13.8. The number of likely N-dealkylation sites (tertiary alicyclic amines) is 1. The van der Waals surface area contributed by atoms with E-state index < -0.39 is 27.3 Å². The Bertz CT molecular complexity index is 1580. The lowest BCUT2D eigenvalue weighted by atomic mass is 10.0. The number of sulfone groups is 1. The van der Waals surface area contributed by atoms with Gasteiger partial charge >= 0.3 is 6.09 Å². The first-order valence-corrected chi connectivity index (χ1v) is 15.4. The van der Waals surface area contributed by atoms with E-state index in [4.69, 9.17) is 10.00 Å². The van der Waals surface area contributed by atoms with Crippen molar-refractivity contribution >= 4 is 33.2 Å². The minimum Gasteiger partial charge on any atom is -0.444 e. The number of alkyl carbamates (subject to hydrolysis) is 1. The van der Waals surface area contributed by atoms with Gasteiger partial charge in [-0.15, -0.1) is 11.3 Å². The standard InChI is InChI=1S/C29H30FN3O5S2/c1-29(2,3)38-28(35)32-21-6-5-13-33(17-21)27(34)25-15-23(19-7-8-20(16-31)24(30)14-19)26(39-25)18-9-11-22(12-10-18)40(4,36)37/h7-12,14-15,21H,5-6,13,17H2,1-4H3,(H,32,35)/t21-/m1/s1. The topological polar surface area (TPSA) is 117 Å². The maximum atomic E-state index is 14.6. The number of halogens is 1. The number of nitrogens with one attached hydrogen (secondary N) is 1. The summed E-state index contributed by atoms with van der Waals surface area (Å²) in [5.74, 6) is -0.903. The van der Waals surface area contributed by atoms with E-state index in [0.717, 1.165) is 6.26 Å². The molecule has 1 aromatic heterocycles. The molecule has 3 aromatic rings. The van der Waals surface area contributed by atoms with Crippen LogP contribution in [0.1, 0.15) is 48.8 Å². The molecule has 2 amide bonds. The zero-order chi connectivity index (χ0) is 29.2. The van der Waals surface area contributed by atoms with Gasteiger partial charge < -0.3 is 15.0 Å². The van der Waals surface area contributed by atoms with Gasteiger partial charge in [0.15, 0.2) is 9.84 Å². The lowest BCUT2D eigenvalue weighted by Gasteiger charge is -2.33. The third kappa shape index (κ3) is 6.87. The first-order chi connectivity index (χ1) is 18.7. The summed E-state index contributed by atoms with van der Waals surface area (Å²) < 4.78 is 43.8. The fraction of sp³-hybridized carbons (Fsp3) is 0.345. The Morgan fingerprint density at radius 2 is 1.80 bits per heavy atom. The smallest absolute Gasteiger partial charge is 0.407 e. The van der Waals surface area contributed by atoms with Gasteiger partial charge in [-0.25, -0.2) is 17.6 Å². The van der Waals surface area contributed by atoms with Crippen LogP contribution in [0.25, 0.3) is 21.6 Å². The van der Waals surface area contributed by atoms with Crippen molar-refractivity contribution in [3.8, 4) is 27.6 Å². The molecule has 1 saturated heterocycles. The molecule has 0 aliphatic carbocycles. The number of nitrogens with zero attached hydrogens (tertiary/aromatic N) is 2. The lowest BCUT2D eigenvalue weighted by Crippen LogP contribution is -2.50. The number of carbonyl (C=O) groups is 2. The number of rotatable bonds is 5. The summed E-state index contributed by atoms with van der Waals surface area (Å²) in [5, 5.41) is 12.0. The Kier molecular flexibility index (Phi) is 8.33. The van der Waals surface area contributed by atoms with Crippen molar-refractivity contribution < 1.29 is 27.1 Å². The summed E-state index contributed by atoms with van der Waals surface area (Å²) in [7, 11) is -3.40. The Morgan fingerprint density at radius 1 is 1.12 bits per heavy atom. The highest BCUT2D eigenvalue weighted by Gasteiger charge is 2.29. The SMILES string of the molecule is CC(C)(C)OC(=O)N[C@@H]1CCCN(C(=O)c2cc(-c3ccc(C#N)c(F)c3)c(-c3ccc(S(C)(=O)=O)cc3)s2)C1. The molecule has 4 rings (SSSR count). The molecule has 0 bridgehead atoms. The van der Waals surface area contributed by atoms with Crippen LogP contribution in [-0.2, 0) is 14.6 Å². The molecule has 0 spiro atoms. The summed E-state index contributed by atoms with van der Waals surface area (Å²) in [6.07, 6.45) is 2.00. The summed E-state index contributed by atoms with van der Waals surface area (Å²) in [5.41, 5.74) is 1.01. The van der Waals surface area contributed by atoms with Crippen molar-refractivity contribution in [3.05, 3.63) is 64.8 Å². The van der Waals surface area contributed by atoms with Crippen LogP contribution in [0.3, 0.4) is 0 Å². The number of amides is 2. The lowest BCUT2D eigenvalue weighted by molar-refractivity contribution is 0.0453. The van der Waals surface area contributed by atoms with E-state index in [1.165, 1.54) is 35.6 Å². The fourth-order valence-electron chi connectivity index (χ4n) is 4.46. The molecular formula is C29H30FN3O5S2. The van der Waals surface area contributed by atoms with Gasteiger partial charge in [0.05, 0.1) is 15.3 Å². The van der Waals surface area contributed by atoms with E-state index in [-0.39, 0.29) is 22.4 Å². The Labute approximate surface area is 237 Å². The first-order valence-electron chi connectivity index (χ1n) is 12.7. The van der Waals surface area contributed by atoms with Crippen molar-refractivity contribution in [1.82, 2.24) is 10.2 Å². The molecule has 2 heterocycles. The van der Waals surface area contributed by atoms with Gasteiger partial charge in [0, 0.05) is 35.8 Å². The van der Waals surface area contributed by atoms with Crippen molar-refractivity contribution in [1.29, 1.82) is 5.26 Å². The van der Waals surface area contributed by atoms with Gasteiger partial charge in [-0.2, -0.15) is 5.26 Å². The van der Waals surface area contributed by atoms with E-state index in [2.05, 4.69) is 5.32 Å². The van der Waals surface area contributed by atoms with Crippen LogP contribution in [0, 0.1) is 17.1 Å². The van der Waals surface area contributed by atoms with Crippen LogP contribution in [0.2, 0.25) is 0 Å². The number of nitriles is 1. The van der Waals surface area contributed by atoms with Gasteiger partial charge in [-0.3, -0.25) is 4.79 Å². The van der Waals surface area contributed by atoms with E-state index in [1.54, 1.807) is 49.9 Å². The van der Waals surface area contributed by atoms with Crippen LogP contribution >= 0.6 is 11.3 Å². The second-order valence-electron chi connectivity index (χ2n) is 10.7. The van der Waals surface area contributed by atoms with Gasteiger partial charge in [0.1, 0.15) is 17.5 Å². The third-order valence-corrected chi connectivity index (χ3v) is 8.62. The quantitative estimate of drug-likeness (QED) is 0.416. The second kappa shape index (κ2) is 11.4. The maximum absolute atomic E-state index is 14.6. The maximum Gasteiger partial charge on any atom is 0.407 e. The Hall–Kier alpha value is -3.75. The molecule has 0 saturated carbocycles. The largest absolute Gasteiger partial charge is 0.444 e. The third-order valence-electron chi connectivity index (χ3n) is 6.32. The molecule has 40 heavy (non-hydrogen) atoms. The van der Waals surface area contributed by atoms with E-state index in [1.807, 2.05) is 6.07 Å². The molecule has 1 aliphatic rings. The van der Waals surface area contributed by atoms with Crippen LogP contribution in [-0.4, -0.2) is 56.3 Å². The summed E-state index contributed by atoms with van der Waals surface area (Å²) >= 11 is 1.22. The highest BCUT2D eigenvalue weighted by Crippen LogP contribution is 2.41. The number of carbonyl (C=O) groups excluding carboxylic acids is 2. The van der Waals surface area contributed by atoms with Gasteiger partial charge in [0.25, 0.3) is 5.91 Å². The minimum atomic E-state index is -3.40. The molecule has 0 unspecified atom stereocenters. The molecule has 1 N–H and O–H groups in total. The number of thiophene rings is 1. The molecule has 11 heteroatoms. The number of hydrogen-bond acceptors (Lipinski definition) is 7. The molecule has 2 aromatic carbocycles. The average molecular weight is 584 g/mol. The van der Waals surface area contributed by atoms with Crippen LogP contribution < -0.4 is 5.32 Å². The molecule has 8 nitrogen and oxygen atoms in total. The van der Waals surface area contributed by atoms with Crippen LogP contribution in [0.4, 0.5) is 9.18 Å². The highest BCUT2D eigenvalue weighted by molar-refractivity contribution is 7.90. The van der Waals surface area contributed by atoms with E-state index in [9.17, 15) is 22.4 Å².